The fourth-order valence-corrected chi connectivity index (χ4v) is 3.78. The molecule has 8 nitrogen and oxygen atoms in total. The van der Waals surface area contributed by atoms with Gasteiger partial charge in [-0.25, -0.2) is 9.86 Å². The van der Waals surface area contributed by atoms with Crippen LogP contribution in [0.25, 0.3) is 10.8 Å². The van der Waals surface area contributed by atoms with E-state index in [1.54, 1.807) is 17.0 Å². The number of nitrogens with zero attached hydrogens (tertiary/aromatic N) is 2. The number of rotatable bonds is 7. The van der Waals surface area contributed by atoms with Crippen molar-refractivity contribution >= 4 is 22.7 Å². The molecule has 0 saturated carbocycles. The molecule has 0 bridgehead atoms. The lowest BCUT2D eigenvalue weighted by Gasteiger charge is -2.33. The highest BCUT2D eigenvalue weighted by atomic mass is 16.5. The number of ether oxygens (including phenoxy) is 2. The van der Waals surface area contributed by atoms with Crippen LogP contribution in [0.5, 0.6) is 11.5 Å². The van der Waals surface area contributed by atoms with Crippen LogP contribution in [0.15, 0.2) is 60.7 Å². The second-order valence-electron chi connectivity index (χ2n) is 7.60. The zero-order valence-corrected chi connectivity index (χ0v) is 17.7. The molecule has 0 spiro atoms. The van der Waals surface area contributed by atoms with Crippen molar-refractivity contribution in [3.8, 4) is 11.5 Å². The molecule has 8 heteroatoms. The van der Waals surface area contributed by atoms with Gasteiger partial charge in [-0.15, -0.1) is 0 Å². The number of carbonyl (C=O) groups is 2. The Morgan fingerprint density at radius 2 is 1.88 bits per heavy atom. The van der Waals surface area contributed by atoms with E-state index in [-0.39, 0.29) is 19.1 Å². The van der Waals surface area contributed by atoms with E-state index in [0.29, 0.717) is 35.1 Å². The Morgan fingerprint density at radius 3 is 2.66 bits per heavy atom. The van der Waals surface area contributed by atoms with Gasteiger partial charge >= 0.3 is 6.03 Å². The highest BCUT2D eigenvalue weighted by molar-refractivity contribution is 5.97. The fraction of sp³-hybridized carbons (Fsp3) is 0.250. The molecular formula is C24H25N3O5. The number of carbonyl (C=O) groups excluding carboxylic acids is 2. The second kappa shape index (κ2) is 9.15. The first kappa shape index (κ1) is 21.5. The zero-order valence-electron chi connectivity index (χ0n) is 17.7. The topological polar surface area (TPSA) is 105 Å². The molecular weight excluding hydrogens is 410 g/mol. The number of primary amides is 1. The third kappa shape index (κ3) is 4.60. The van der Waals surface area contributed by atoms with Crippen molar-refractivity contribution < 1.29 is 24.3 Å². The zero-order chi connectivity index (χ0) is 22.7. The van der Waals surface area contributed by atoms with Gasteiger partial charge in [-0.2, -0.15) is 0 Å². The van der Waals surface area contributed by atoms with Crippen molar-refractivity contribution in [2.45, 2.75) is 19.6 Å². The number of benzene rings is 3. The van der Waals surface area contributed by atoms with Gasteiger partial charge in [0.1, 0.15) is 18.1 Å². The monoisotopic (exact) mass is 435 g/mol. The van der Waals surface area contributed by atoms with Gasteiger partial charge in [0.2, 0.25) is 0 Å². The summed E-state index contributed by atoms with van der Waals surface area (Å²) in [5.74, 6) is 1.18. The van der Waals surface area contributed by atoms with Crippen LogP contribution in [-0.2, 0) is 6.42 Å². The van der Waals surface area contributed by atoms with Crippen molar-refractivity contribution in [1.29, 1.82) is 0 Å². The molecule has 3 aromatic rings. The lowest BCUT2D eigenvalue weighted by molar-refractivity contribution is -0.0464. The highest BCUT2D eigenvalue weighted by Crippen LogP contribution is 2.27. The molecule has 0 saturated heterocycles. The SMILES string of the molecule is CC(Oc1ccc2ccccc2c1)N1CCc2cc(OCCN(O)C(N)=O)ccc2C1=O. The van der Waals surface area contributed by atoms with E-state index in [9.17, 15) is 14.8 Å². The van der Waals surface area contributed by atoms with Crippen LogP contribution in [0.4, 0.5) is 4.79 Å². The number of amides is 3. The lowest BCUT2D eigenvalue weighted by atomic mass is 9.98. The third-order valence-corrected chi connectivity index (χ3v) is 5.48. The number of hydrogen-bond acceptors (Lipinski definition) is 5. The molecule has 1 heterocycles. The van der Waals surface area contributed by atoms with E-state index in [1.165, 1.54) is 0 Å². The molecule has 0 aromatic heterocycles. The molecule has 1 unspecified atom stereocenters. The molecule has 1 aliphatic rings. The standard InChI is InChI=1S/C24H25N3O5/c1-16(32-21-7-6-17-4-2-3-5-18(17)14-21)26-11-10-19-15-20(8-9-22(19)23(26)28)31-13-12-27(30)24(25)29/h2-9,14-16,30H,10-13H2,1H3,(H2,25,29). The Kier molecular flexibility index (Phi) is 6.13. The summed E-state index contributed by atoms with van der Waals surface area (Å²) in [6.45, 7) is 2.42. The minimum Gasteiger partial charge on any atom is -0.492 e. The molecule has 3 N–H and O–H groups in total. The summed E-state index contributed by atoms with van der Waals surface area (Å²) in [6.07, 6.45) is 0.244. The maximum Gasteiger partial charge on any atom is 0.338 e. The molecule has 166 valence electrons. The number of fused-ring (bicyclic) bond motifs is 2. The first-order valence-electron chi connectivity index (χ1n) is 10.4. The number of hydroxylamine groups is 2. The van der Waals surface area contributed by atoms with Gasteiger partial charge in [0.15, 0.2) is 6.23 Å². The van der Waals surface area contributed by atoms with E-state index in [0.717, 1.165) is 16.3 Å². The average Bonchev–Trinajstić information content (AvgIpc) is 2.79. The molecule has 3 aromatic carbocycles. The van der Waals surface area contributed by atoms with Gasteiger partial charge in [0.05, 0.1) is 6.54 Å². The van der Waals surface area contributed by atoms with E-state index in [1.807, 2.05) is 55.5 Å². The second-order valence-corrected chi connectivity index (χ2v) is 7.60. The summed E-state index contributed by atoms with van der Waals surface area (Å²) < 4.78 is 11.6. The predicted molar refractivity (Wildman–Crippen MR) is 119 cm³/mol. The molecule has 0 fully saturated rings. The van der Waals surface area contributed by atoms with E-state index >= 15 is 0 Å². The van der Waals surface area contributed by atoms with Gasteiger partial charge in [-0.05, 0) is 60.0 Å². The number of urea groups is 1. The van der Waals surface area contributed by atoms with Crippen molar-refractivity contribution in [1.82, 2.24) is 9.96 Å². The van der Waals surface area contributed by atoms with E-state index in [4.69, 9.17) is 15.2 Å². The first-order chi connectivity index (χ1) is 15.4. The maximum atomic E-state index is 13.1. The Labute approximate surface area is 185 Å². The van der Waals surface area contributed by atoms with E-state index < -0.39 is 12.3 Å². The highest BCUT2D eigenvalue weighted by Gasteiger charge is 2.29. The first-order valence-corrected chi connectivity index (χ1v) is 10.4. The molecule has 0 radical (unpaired) electrons. The number of hydrogen-bond donors (Lipinski definition) is 2. The van der Waals surface area contributed by atoms with Gasteiger partial charge in [-0.1, -0.05) is 30.3 Å². The number of nitrogens with two attached hydrogens (primary N) is 1. The van der Waals surface area contributed by atoms with Crippen molar-refractivity contribution in [2.24, 2.45) is 5.73 Å². The Hall–Kier alpha value is -3.78. The minimum atomic E-state index is -0.940. The Morgan fingerprint density at radius 1 is 1.12 bits per heavy atom. The molecule has 0 aliphatic carbocycles. The van der Waals surface area contributed by atoms with Crippen LogP contribution in [0.2, 0.25) is 0 Å². The van der Waals surface area contributed by atoms with Crippen LogP contribution < -0.4 is 15.2 Å². The quantitative estimate of drug-likeness (QED) is 0.437. The van der Waals surface area contributed by atoms with Gasteiger partial charge in [0.25, 0.3) is 5.91 Å². The van der Waals surface area contributed by atoms with Crippen LogP contribution in [0, 0.1) is 0 Å². The largest absolute Gasteiger partial charge is 0.492 e. The van der Waals surface area contributed by atoms with E-state index in [2.05, 4.69) is 0 Å². The fourth-order valence-electron chi connectivity index (χ4n) is 3.78. The summed E-state index contributed by atoms with van der Waals surface area (Å²) in [5.41, 5.74) is 6.46. The summed E-state index contributed by atoms with van der Waals surface area (Å²) >= 11 is 0. The Bertz CT molecular complexity index is 1150. The summed E-state index contributed by atoms with van der Waals surface area (Å²) in [6, 6.07) is 18.2. The van der Waals surface area contributed by atoms with Gasteiger partial charge in [-0.3, -0.25) is 10.0 Å². The van der Waals surface area contributed by atoms with Gasteiger partial charge < -0.3 is 20.1 Å². The molecule has 4 rings (SSSR count). The summed E-state index contributed by atoms with van der Waals surface area (Å²) in [4.78, 5) is 25.6. The summed E-state index contributed by atoms with van der Waals surface area (Å²) in [7, 11) is 0. The average molecular weight is 435 g/mol. The van der Waals surface area contributed by atoms with Crippen LogP contribution in [0.1, 0.15) is 22.8 Å². The van der Waals surface area contributed by atoms with Crippen LogP contribution in [-0.4, -0.2) is 53.0 Å². The van der Waals surface area contributed by atoms with Crippen LogP contribution in [0.3, 0.4) is 0 Å². The van der Waals surface area contributed by atoms with Gasteiger partial charge in [0, 0.05) is 12.1 Å². The maximum absolute atomic E-state index is 13.1. The molecule has 3 amide bonds. The minimum absolute atomic E-state index is 0.0528. The van der Waals surface area contributed by atoms with Crippen molar-refractivity contribution in [2.75, 3.05) is 19.7 Å². The molecule has 32 heavy (non-hydrogen) atoms. The molecule has 1 aliphatic heterocycles. The predicted octanol–water partition coefficient (Wildman–Crippen LogP) is 3.41. The van der Waals surface area contributed by atoms with Crippen molar-refractivity contribution in [3.05, 3.63) is 71.8 Å². The van der Waals surface area contributed by atoms with Crippen LogP contribution >= 0.6 is 0 Å². The summed E-state index contributed by atoms with van der Waals surface area (Å²) in [5, 5.41) is 11.9. The third-order valence-electron chi connectivity index (χ3n) is 5.48. The lowest BCUT2D eigenvalue weighted by Crippen LogP contribution is -2.46. The normalized spacial score (nSPS) is 14.1. The smallest absolute Gasteiger partial charge is 0.338 e. The van der Waals surface area contributed by atoms with Crippen molar-refractivity contribution in [3.63, 3.8) is 0 Å². The Balaban J connectivity index is 1.40. The molecule has 1 atom stereocenters.